The molecule has 0 fully saturated rings. The highest BCUT2D eigenvalue weighted by Crippen LogP contribution is 2.22. The second kappa shape index (κ2) is 5.28. The van der Waals surface area contributed by atoms with Crippen molar-refractivity contribution in [2.75, 3.05) is 0 Å². The lowest BCUT2D eigenvalue weighted by Gasteiger charge is -2.08. The van der Waals surface area contributed by atoms with Crippen molar-refractivity contribution >= 4 is 11.0 Å². The SMILES string of the molecule is Fc1cccc(Cn2cnnc2-c2ccc3[nH]cnc3c2)c1F. The molecule has 114 valence electrons. The van der Waals surface area contributed by atoms with Gasteiger partial charge in [-0.15, -0.1) is 10.2 Å². The van der Waals surface area contributed by atoms with Crippen LogP contribution >= 0.6 is 0 Å². The molecule has 0 atom stereocenters. The van der Waals surface area contributed by atoms with Gasteiger partial charge in [-0.25, -0.2) is 13.8 Å². The fourth-order valence-corrected chi connectivity index (χ4v) is 2.52. The first-order valence-electron chi connectivity index (χ1n) is 6.96. The van der Waals surface area contributed by atoms with E-state index in [-0.39, 0.29) is 12.1 Å². The normalized spacial score (nSPS) is 11.2. The number of aromatic amines is 1. The summed E-state index contributed by atoms with van der Waals surface area (Å²) in [7, 11) is 0. The minimum atomic E-state index is -0.866. The predicted octanol–water partition coefficient (Wildman–Crippen LogP) is 3.15. The first-order chi connectivity index (χ1) is 11.2. The number of imidazole rings is 1. The van der Waals surface area contributed by atoms with Gasteiger partial charge in [0.05, 0.1) is 23.9 Å². The molecule has 2 aromatic heterocycles. The molecule has 4 aromatic rings. The predicted molar refractivity (Wildman–Crippen MR) is 80.6 cm³/mol. The van der Waals surface area contributed by atoms with Crippen LogP contribution in [0.4, 0.5) is 8.78 Å². The van der Waals surface area contributed by atoms with Gasteiger partial charge in [-0.2, -0.15) is 0 Å². The van der Waals surface area contributed by atoms with Crippen molar-refractivity contribution in [1.82, 2.24) is 24.7 Å². The Kier molecular flexibility index (Phi) is 3.11. The molecular formula is C16H11F2N5. The summed E-state index contributed by atoms with van der Waals surface area (Å²) in [6.45, 7) is 0.143. The van der Waals surface area contributed by atoms with Gasteiger partial charge in [0.15, 0.2) is 17.5 Å². The lowest BCUT2D eigenvalue weighted by molar-refractivity contribution is 0.495. The van der Waals surface area contributed by atoms with E-state index >= 15 is 0 Å². The summed E-state index contributed by atoms with van der Waals surface area (Å²) >= 11 is 0. The number of hydrogen-bond acceptors (Lipinski definition) is 3. The minimum Gasteiger partial charge on any atom is -0.345 e. The highest BCUT2D eigenvalue weighted by atomic mass is 19.2. The molecular weight excluding hydrogens is 300 g/mol. The second-order valence-electron chi connectivity index (χ2n) is 5.13. The fraction of sp³-hybridized carbons (Fsp3) is 0.0625. The molecule has 0 aliphatic carbocycles. The number of fused-ring (bicyclic) bond motifs is 1. The summed E-state index contributed by atoms with van der Waals surface area (Å²) < 4.78 is 28.9. The average molecular weight is 311 g/mol. The summed E-state index contributed by atoms with van der Waals surface area (Å²) in [6.07, 6.45) is 3.11. The maximum Gasteiger partial charge on any atom is 0.164 e. The topological polar surface area (TPSA) is 59.4 Å². The monoisotopic (exact) mass is 311 g/mol. The van der Waals surface area contributed by atoms with Gasteiger partial charge in [0.2, 0.25) is 0 Å². The Balaban J connectivity index is 1.74. The van der Waals surface area contributed by atoms with Crippen LogP contribution in [0, 0.1) is 11.6 Å². The number of benzene rings is 2. The van der Waals surface area contributed by atoms with E-state index in [2.05, 4.69) is 20.2 Å². The van der Waals surface area contributed by atoms with Crippen LogP contribution in [-0.2, 0) is 6.54 Å². The third-order valence-electron chi connectivity index (χ3n) is 3.67. The standard InChI is InChI=1S/C16H11F2N5/c17-12-3-1-2-11(15(12)18)7-23-9-21-22-16(23)10-4-5-13-14(6-10)20-8-19-13/h1-6,8-9H,7H2,(H,19,20). The lowest BCUT2D eigenvalue weighted by Crippen LogP contribution is -2.04. The Labute approximate surface area is 129 Å². The van der Waals surface area contributed by atoms with E-state index in [9.17, 15) is 8.78 Å². The highest BCUT2D eigenvalue weighted by Gasteiger charge is 2.13. The Hall–Kier alpha value is -3.09. The molecule has 0 spiro atoms. The Morgan fingerprint density at radius 1 is 1.13 bits per heavy atom. The summed E-state index contributed by atoms with van der Waals surface area (Å²) in [4.78, 5) is 7.22. The van der Waals surface area contributed by atoms with E-state index in [4.69, 9.17) is 0 Å². The summed E-state index contributed by atoms with van der Waals surface area (Å²) in [6, 6.07) is 9.75. The molecule has 0 aliphatic heterocycles. The first-order valence-corrected chi connectivity index (χ1v) is 6.96. The zero-order chi connectivity index (χ0) is 15.8. The largest absolute Gasteiger partial charge is 0.345 e. The van der Waals surface area contributed by atoms with Crippen molar-refractivity contribution < 1.29 is 8.78 Å². The Morgan fingerprint density at radius 2 is 2.04 bits per heavy atom. The van der Waals surface area contributed by atoms with Gasteiger partial charge in [-0.3, -0.25) is 0 Å². The highest BCUT2D eigenvalue weighted by molar-refractivity contribution is 5.79. The molecule has 0 bridgehead atoms. The van der Waals surface area contributed by atoms with Crippen LogP contribution in [0.25, 0.3) is 22.4 Å². The molecule has 5 nitrogen and oxygen atoms in total. The van der Waals surface area contributed by atoms with Gasteiger partial charge in [0.1, 0.15) is 6.33 Å². The average Bonchev–Trinajstić information content (AvgIpc) is 3.20. The van der Waals surface area contributed by atoms with Gasteiger partial charge < -0.3 is 9.55 Å². The van der Waals surface area contributed by atoms with Gasteiger partial charge in [0, 0.05) is 11.1 Å². The van der Waals surface area contributed by atoms with Crippen molar-refractivity contribution in [3.63, 3.8) is 0 Å². The van der Waals surface area contributed by atoms with Crippen molar-refractivity contribution in [3.05, 3.63) is 66.3 Å². The fourth-order valence-electron chi connectivity index (χ4n) is 2.52. The van der Waals surface area contributed by atoms with Crippen LogP contribution in [-0.4, -0.2) is 24.7 Å². The van der Waals surface area contributed by atoms with Crippen LogP contribution in [0.5, 0.6) is 0 Å². The van der Waals surface area contributed by atoms with Crippen LogP contribution in [0.3, 0.4) is 0 Å². The zero-order valence-electron chi connectivity index (χ0n) is 11.9. The molecule has 0 aliphatic rings. The molecule has 23 heavy (non-hydrogen) atoms. The quantitative estimate of drug-likeness (QED) is 0.632. The van der Waals surface area contributed by atoms with E-state index in [0.29, 0.717) is 5.82 Å². The molecule has 2 heterocycles. The zero-order valence-corrected chi connectivity index (χ0v) is 11.9. The van der Waals surface area contributed by atoms with E-state index in [1.165, 1.54) is 12.4 Å². The smallest absolute Gasteiger partial charge is 0.164 e. The molecule has 7 heteroatoms. The Bertz CT molecular complexity index is 989. The van der Waals surface area contributed by atoms with Crippen LogP contribution < -0.4 is 0 Å². The molecule has 2 aromatic carbocycles. The number of hydrogen-bond donors (Lipinski definition) is 1. The van der Waals surface area contributed by atoms with Gasteiger partial charge in [0.25, 0.3) is 0 Å². The van der Waals surface area contributed by atoms with Crippen LogP contribution in [0.15, 0.2) is 49.1 Å². The molecule has 0 saturated heterocycles. The minimum absolute atomic E-state index is 0.143. The maximum atomic E-state index is 13.9. The van der Waals surface area contributed by atoms with Gasteiger partial charge in [-0.05, 0) is 24.3 Å². The number of nitrogens with one attached hydrogen (secondary N) is 1. The summed E-state index contributed by atoms with van der Waals surface area (Å²) in [5.74, 6) is -1.15. The molecule has 0 amide bonds. The molecule has 0 unspecified atom stereocenters. The molecule has 4 rings (SSSR count). The van der Waals surface area contributed by atoms with Gasteiger partial charge in [-0.1, -0.05) is 12.1 Å². The van der Waals surface area contributed by atoms with Crippen LogP contribution in [0.1, 0.15) is 5.56 Å². The molecule has 0 radical (unpaired) electrons. The Morgan fingerprint density at radius 3 is 2.96 bits per heavy atom. The van der Waals surface area contributed by atoms with Crippen molar-refractivity contribution in [2.24, 2.45) is 0 Å². The molecule has 1 N–H and O–H groups in total. The number of H-pyrrole nitrogens is 1. The van der Waals surface area contributed by atoms with Gasteiger partial charge >= 0.3 is 0 Å². The third kappa shape index (κ3) is 2.36. The van der Waals surface area contributed by atoms with Crippen molar-refractivity contribution in [2.45, 2.75) is 6.54 Å². The van der Waals surface area contributed by atoms with E-state index < -0.39 is 11.6 Å². The maximum absolute atomic E-state index is 13.9. The second-order valence-corrected chi connectivity index (χ2v) is 5.13. The third-order valence-corrected chi connectivity index (χ3v) is 3.67. The van der Waals surface area contributed by atoms with E-state index in [1.807, 2.05) is 18.2 Å². The first kappa shape index (κ1) is 13.6. The summed E-state index contributed by atoms with van der Waals surface area (Å²) in [5, 5.41) is 7.97. The number of halogens is 2. The number of aromatic nitrogens is 5. The van der Waals surface area contributed by atoms with Crippen molar-refractivity contribution in [3.8, 4) is 11.4 Å². The van der Waals surface area contributed by atoms with E-state index in [1.54, 1.807) is 17.0 Å². The van der Waals surface area contributed by atoms with Crippen LogP contribution in [0.2, 0.25) is 0 Å². The summed E-state index contributed by atoms with van der Waals surface area (Å²) in [5.41, 5.74) is 2.76. The molecule has 0 saturated carbocycles. The number of nitrogens with zero attached hydrogens (tertiary/aromatic N) is 4. The lowest BCUT2D eigenvalue weighted by atomic mass is 10.1. The van der Waals surface area contributed by atoms with Crippen molar-refractivity contribution in [1.29, 1.82) is 0 Å². The van der Waals surface area contributed by atoms with E-state index in [0.717, 1.165) is 22.7 Å². The number of rotatable bonds is 3.